The summed E-state index contributed by atoms with van der Waals surface area (Å²) in [6.07, 6.45) is -39.2. The molecule has 34 unspecified atom stereocenters. The SMILES string of the molecule is COc1ccc(C=CC(=O)OC2C(C)OC(OC(=O)C34CCC(C)(C)CC3C3=CCC5C6(C)CC(O)C(OC7OC(CO)C(O)C(O)C7O)C(C)(C(=O)O)C6CCC5(C)C3(CO)CC4)C(OC3OC(C)C(OC4OCC(O)C(O)C4O)C(O)C3O)C2OC2OC(CO)C(O)C(O)C2O)cc1OC. The van der Waals surface area contributed by atoms with Crippen LogP contribution in [0.3, 0.4) is 0 Å². The molecule has 10 aliphatic rings. The molecule has 32 heteroatoms. The minimum atomic E-state index is -2.13. The summed E-state index contributed by atoms with van der Waals surface area (Å²) in [4.78, 5) is 44.6. The molecule has 576 valence electrons. The molecule has 5 heterocycles. The number of carbonyl (C=O) groups is 3. The van der Waals surface area contributed by atoms with E-state index in [0.717, 1.165) is 11.6 Å². The molecule has 1 aromatic carbocycles. The number of hydrogen-bond acceptors (Lipinski definition) is 31. The van der Waals surface area contributed by atoms with E-state index in [9.17, 15) is 91.3 Å². The molecule has 16 N–H and O–H groups in total. The molecule has 5 aliphatic carbocycles. The van der Waals surface area contributed by atoms with Gasteiger partial charge < -0.3 is 143 Å². The van der Waals surface area contributed by atoms with Gasteiger partial charge in [0.15, 0.2) is 48.9 Å². The van der Waals surface area contributed by atoms with E-state index in [-0.39, 0.29) is 32.1 Å². The van der Waals surface area contributed by atoms with Gasteiger partial charge >= 0.3 is 17.9 Å². The van der Waals surface area contributed by atoms with E-state index in [1.54, 1.807) is 18.2 Å². The fourth-order valence-electron chi connectivity index (χ4n) is 19.3. The number of aliphatic hydroxyl groups excluding tert-OH is 15. The van der Waals surface area contributed by atoms with Crippen molar-refractivity contribution in [1.82, 2.24) is 0 Å². The topological polar surface area (TPSA) is 495 Å². The largest absolute Gasteiger partial charge is 0.493 e. The number of aliphatic hydroxyl groups is 15. The Bertz CT molecular complexity index is 3190. The van der Waals surface area contributed by atoms with Crippen LogP contribution in [0.5, 0.6) is 11.5 Å². The van der Waals surface area contributed by atoms with Crippen molar-refractivity contribution in [2.45, 2.75) is 266 Å². The summed E-state index contributed by atoms with van der Waals surface area (Å²) in [6, 6.07) is 4.80. The molecule has 0 amide bonds. The normalized spacial score (nSPS) is 48.6. The van der Waals surface area contributed by atoms with Crippen LogP contribution in [-0.4, -0.2) is 300 Å². The summed E-state index contributed by atoms with van der Waals surface area (Å²) in [6.45, 7) is 9.87. The Labute approximate surface area is 589 Å². The van der Waals surface area contributed by atoms with Gasteiger partial charge in [0.2, 0.25) is 6.29 Å². The van der Waals surface area contributed by atoms with E-state index in [2.05, 4.69) is 20.8 Å². The zero-order chi connectivity index (χ0) is 74.4. The van der Waals surface area contributed by atoms with Gasteiger partial charge in [-0.25, -0.2) is 4.79 Å². The van der Waals surface area contributed by atoms with Crippen molar-refractivity contribution in [3.8, 4) is 11.5 Å². The van der Waals surface area contributed by atoms with E-state index in [4.69, 9.17) is 61.6 Å². The third-order valence-corrected chi connectivity index (χ3v) is 25.1. The molecule has 9 fully saturated rings. The van der Waals surface area contributed by atoms with Gasteiger partial charge in [0.1, 0.15) is 97.7 Å². The van der Waals surface area contributed by atoms with Gasteiger partial charge in [0, 0.05) is 11.5 Å². The Hall–Kier alpha value is -4.25. The maximum Gasteiger partial charge on any atom is 0.331 e. The fourth-order valence-corrected chi connectivity index (χ4v) is 19.3. The molecule has 5 aliphatic heterocycles. The molecule has 0 aromatic heterocycles. The molecule has 0 radical (unpaired) electrons. The summed E-state index contributed by atoms with van der Waals surface area (Å²) in [5.74, 6) is -4.28. The molecule has 1 aromatic rings. The lowest BCUT2D eigenvalue weighted by Crippen LogP contribution is -2.71. The van der Waals surface area contributed by atoms with Gasteiger partial charge in [-0.1, -0.05) is 45.4 Å². The predicted molar refractivity (Wildman–Crippen MR) is 344 cm³/mol. The molecule has 0 bridgehead atoms. The van der Waals surface area contributed by atoms with Gasteiger partial charge in [0.05, 0.1) is 69.8 Å². The van der Waals surface area contributed by atoms with Crippen molar-refractivity contribution in [2.24, 2.45) is 50.2 Å². The first kappa shape index (κ1) is 78.8. The van der Waals surface area contributed by atoms with E-state index in [1.165, 1.54) is 41.1 Å². The molecule has 0 spiro atoms. The number of carboxylic acids is 1. The van der Waals surface area contributed by atoms with Crippen LogP contribution in [0.15, 0.2) is 35.9 Å². The Balaban J connectivity index is 0.946. The van der Waals surface area contributed by atoms with E-state index < -0.39 is 254 Å². The first-order valence-corrected chi connectivity index (χ1v) is 35.2. The summed E-state index contributed by atoms with van der Waals surface area (Å²) in [5.41, 5.74) is -5.43. The Kier molecular flexibility index (Phi) is 23.2. The smallest absolute Gasteiger partial charge is 0.331 e. The first-order valence-electron chi connectivity index (χ1n) is 35.2. The van der Waals surface area contributed by atoms with Crippen molar-refractivity contribution in [1.29, 1.82) is 0 Å². The monoisotopic (exact) mass is 1460 g/mol. The van der Waals surface area contributed by atoms with Crippen LogP contribution >= 0.6 is 0 Å². The molecule has 4 saturated carbocycles. The molecular weight excluding hydrogens is 1350 g/mol. The van der Waals surface area contributed by atoms with Gasteiger partial charge in [-0.2, -0.15) is 0 Å². The summed E-state index contributed by atoms with van der Waals surface area (Å²) in [5, 5.41) is 178. The van der Waals surface area contributed by atoms with Crippen molar-refractivity contribution in [2.75, 3.05) is 40.6 Å². The van der Waals surface area contributed by atoms with Crippen LogP contribution in [0.2, 0.25) is 0 Å². The van der Waals surface area contributed by atoms with E-state index in [0.29, 0.717) is 42.7 Å². The van der Waals surface area contributed by atoms with E-state index in [1.807, 2.05) is 13.0 Å². The number of aliphatic carboxylic acids is 1. The lowest BCUT2D eigenvalue weighted by molar-refractivity contribution is -0.391. The average molecular weight is 1460 g/mol. The third kappa shape index (κ3) is 13.6. The summed E-state index contributed by atoms with van der Waals surface area (Å²) < 4.78 is 78.9. The number of methoxy groups -OCH3 is 2. The number of benzene rings is 1. The highest BCUT2D eigenvalue weighted by Crippen LogP contribution is 2.76. The third-order valence-electron chi connectivity index (χ3n) is 25.1. The number of hydrogen-bond donors (Lipinski definition) is 16. The molecule has 5 saturated heterocycles. The second kappa shape index (κ2) is 30.1. The van der Waals surface area contributed by atoms with Crippen LogP contribution in [0.1, 0.15) is 112 Å². The highest BCUT2D eigenvalue weighted by Gasteiger charge is 2.74. The van der Waals surface area contributed by atoms with Crippen molar-refractivity contribution in [3.63, 3.8) is 0 Å². The molecule has 32 nitrogen and oxygen atoms in total. The Morgan fingerprint density at radius 2 is 1.14 bits per heavy atom. The average Bonchev–Trinajstić information content (AvgIpc) is 0.669. The van der Waals surface area contributed by atoms with E-state index >= 15 is 4.79 Å². The predicted octanol–water partition coefficient (Wildman–Crippen LogP) is -2.23. The Morgan fingerprint density at radius 1 is 0.569 bits per heavy atom. The molecule has 11 rings (SSSR count). The fraction of sp³-hybridized carbons (Fsp3) is 0.814. The quantitative estimate of drug-likeness (QED) is 0.0302. The maximum absolute atomic E-state index is 16.3. The van der Waals surface area contributed by atoms with Crippen molar-refractivity contribution in [3.05, 3.63) is 41.5 Å². The van der Waals surface area contributed by atoms with Crippen LogP contribution in [0.4, 0.5) is 0 Å². The van der Waals surface area contributed by atoms with Crippen molar-refractivity contribution >= 4 is 24.0 Å². The highest BCUT2D eigenvalue weighted by atomic mass is 16.8. The zero-order valence-electron chi connectivity index (χ0n) is 58.6. The summed E-state index contributed by atoms with van der Waals surface area (Å²) >= 11 is 0. The van der Waals surface area contributed by atoms with Crippen LogP contribution in [0.25, 0.3) is 6.08 Å². The summed E-state index contributed by atoms with van der Waals surface area (Å²) in [7, 11) is 2.87. The lowest BCUT2D eigenvalue weighted by Gasteiger charge is -2.71. The number of rotatable bonds is 19. The second-order valence-electron chi connectivity index (χ2n) is 31.3. The Morgan fingerprint density at radius 3 is 1.75 bits per heavy atom. The van der Waals surface area contributed by atoms with Gasteiger partial charge in [-0.3, -0.25) is 9.59 Å². The number of allylic oxidation sites excluding steroid dienone is 1. The minimum absolute atomic E-state index is 0.0218. The standard InChI is InChI=1S/C70H104O32/c1-29-53(98-58-49(83)43(77)35(75)27-92-58)48(82)52(86)59(93-29)100-56-55(99-60-50(84)46(80)44(78)38(25-71)95-60)54(97-42(76)15-11-31-10-13-36(90-8)37(22-31)91-9)30(2)94-62(56)102-64(89)69-19-18-65(3,4)23-33(69)32-12-14-40-66(5)24-34(74)57(101-61-51(85)47(81)45(79)39(26-72)96-61)68(7,63(87)88)41(66)16-17-67(40,6)70(32,28-73)21-20-69/h10-13,15,22,29-30,33-35,38-41,43-62,71-75,77-86H,14,16-21,23-28H2,1-9H3,(H,87,88). The molecular formula is C70H104O32. The number of fused-ring (bicyclic) bond motifs is 7. The van der Waals surface area contributed by atoms with Crippen molar-refractivity contribution < 1.29 is 158 Å². The van der Waals surface area contributed by atoms with Crippen LogP contribution in [0, 0.1) is 50.2 Å². The first-order chi connectivity index (χ1) is 48.0. The maximum atomic E-state index is 16.3. The van der Waals surface area contributed by atoms with Crippen LogP contribution in [-0.2, 0) is 66.5 Å². The highest BCUT2D eigenvalue weighted by molar-refractivity contribution is 5.87. The lowest BCUT2D eigenvalue weighted by atomic mass is 9.33. The van der Waals surface area contributed by atoms with Gasteiger partial charge in [0.25, 0.3) is 0 Å². The van der Waals surface area contributed by atoms with Gasteiger partial charge in [-0.05, 0) is 136 Å². The molecule has 34 atom stereocenters. The number of esters is 2. The molecule has 102 heavy (non-hydrogen) atoms. The number of ether oxygens (including phenoxy) is 13. The minimum Gasteiger partial charge on any atom is -0.493 e. The number of carboxylic acid groups (broad SMARTS) is 1. The van der Waals surface area contributed by atoms with Crippen LogP contribution < -0.4 is 9.47 Å². The second-order valence-corrected chi connectivity index (χ2v) is 31.3. The zero-order valence-corrected chi connectivity index (χ0v) is 58.6. The van der Waals surface area contributed by atoms with Gasteiger partial charge in [-0.15, -0.1) is 0 Å². The number of carbonyl (C=O) groups excluding carboxylic acids is 2.